The molecule has 0 radical (unpaired) electrons. The van der Waals surface area contributed by atoms with Gasteiger partial charge in [0.1, 0.15) is 0 Å². The highest BCUT2D eigenvalue weighted by Crippen LogP contribution is 2.43. The third-order valence-corrected chi connectivity index (χ3v) is 5.35. The Bertz CT molecular complexity index is 1210. The lowest BCUT2D eigenvalue weighted by Gasteiger charge is -2.37. The van der Waals surface area contributed by atoms with E-state index >= 15 is 0 Å². The molecule has 0 amide bonds. The van der Waals surface area contributed by atoms with Crippen LogP contribution >= 0.6 is 0 Å². The Labute approximate surface area is 178 Å². The monoisotopic (exact) mass is 415 g/mol. The van der Waals surface area contributed by atoms with Gasteiger partial charge < -0.3 is 9.55 Å². The molecular weight excluding hydrogens is 398 g/mol. The van der Waals surface area contributed by atoms with Crippen LogP contribution in [0.2, 0.25) is 0 Å². The maximum absolute atomic E-state index is 14.1. The van der Waals surface area contributed by atoms with E-state index in [9.17, 15) is 13.2 Å². The molecule has 0 spiro atoms. The minimum absolute atomic E-state index is 0.0980. The Kier molecular flexibility index (Phi) is 4.70. The summed E-state index contributed by atoms with van der Waals surface area (Å²) in [4.78, 5) is 1.68. The molecule has 0 atom stereocenters. The zero-order valence-electron chi connectivity index (χ0n) is 16.4. The topological polar surface area (TPSA) is 12.5 Å². The molecular formula is C25H17BF3NO. The van der Waals surface area contributed by atoms with Crippen LogP contribution in [0.4, 0.5) is 30.2 Å². The SMILES string of the molecule is FC(F)(F)c1cccc2c1N(c1ccccc1)c1ccccc1B2Oc1ccccc1. The summed E-state index contributed by atoms with van der Waals surface area (Å²) in [5, 5.41) is 0. The molecule has 0 unspecified atom stereocenters. The number of halogens is 3. The lowest BCUT2D eigenvalue weighted by atomic mass is 9.52. The van der Waals surface area contributed by atoms with Crippen molar-refractivity contribution in [1.29, 1.82) is 0 Å². The van der Waals surface area contributed by atoms with Gasteiger partial charge >= 0.3 is 13.1 Å². The molecule has 0 bridgehead atoms. The van der Waals surface area contributed by atoms with E-state index in [0.717, 1.165) is 11.5 Å². The number of benzene rings is 4. The summed E-state index contributed by atoms with van der Waals surface area (Å²) in [6, 6.07) is 30.0. The quantitative estimate of drug-likeness (QED) is 0.400. The van der Waals surface area contributed by atoms with Gasteiger partial charge in [-0.2, -0.15) is 13.2 Å². The molecule has 0 saturated heterocycles. The molecule has 6 heteroatoms. The second-order valence-corrected chi connectivity index (χ2v) is 7.28. The van der Waals surface area contributed by atoms with E-state index in [0.29, 0.717) is 22.6 Å². The number of para-hydroxylation sites is 4. The Morgan fingerprint density at radius 3 is 1.97 bits per heavy atom. The first-order chi connectivity index (χ1) is 15.0. The number of hydrogen-bond acceptors (Lipinski definition) is 2. The molecule has 0 saturated carbocycles. The van der Waals surface area contributed by atoms with E-state index in [1.54, 1.807) is 23.1 Å². The van der Waals surface area contributed by atoms with Crippen LogP contribution in [0.25, 0.3) is 0 Å². The first-order valence-corrected chi connectivity index (χ1v) is 9.90. The minimum atomic E-state index is -4.51. The van der Waals surface area contributed by atoms with Crippen LogP contribution in [0.1, 0.15) is 5.56 Å². The average Bonchev–Trinajstić information content (AvgIpc) is 2.79. The number of fused-ring (bicyclic) bond motifs is 2. The Balaban J connectivity index is 1.79. The summed E-state index contributed by atoms with van der Waals surface area (Å²) in [7, 11) is 0. The van der Waals surface area contributed by atoms with Gasteiger partial charge in [0.15, 0.2) is 0 Å². The third kappa shape index (κ3) is 3.44. The van der Waals surface area contributed by atoms with Crippen LogP contribution in [0.5, 0.6) is 5.75 Å². The second kappa shape index (κ2) is 7.54. The molecule has 4 aromatic rings. The molecule has 152 valence electrons. The van der Waals surface area contributed by atoms with Gasteiger partial charge in [0.05, 0.1) is 17.0 Å². The van der Waals surface area contributed by atoms with Crippen molar-refractivity contribution in [3.8, 4) is 5.75 Å². The van der Waals surface area contributed by atoms with Crippen molar-refractivity contribution in [3.05, 3.63) is 109 Å². The average molecular weight is 415 g/mol. The van der Waals surface area contributed by atoms with Crippen molar-refractivity contribution < 1.29 is 17.8 Å². The fraction of sp³-hybridized carbons (Fsp3) is 0.0400. The number of hydrogen-bond donors (Lipinski definition) is 0. The second-order valence-electron chi connectivity index (χ2n) is 7.28. The molecule has 5 rings (SSSR count). The van der Waals surface area contributed by atoms with Crippen LogP contribution in [0.15, 0.2) is 103 Å². The number of anilines is 3. The molecule has 0 aliphatic carbocycles. The van der Waals surface area contributed by atoms with Gasteiger partial charge in [-0.3, -0.25) is 0 Å². The van der Waals surface area contributed by atoms with Gasteiger partial charge in [-0.25, -0.2) is 0 Å². The summed E-state index contributed by atoms with van der Waals surface area (Å²) < 4.78 is 48.6. The molecule has 0 aromatic heterocycles. The minimum Gasteiger partial charge on any atom is -0.551 e. The summed E-state index contributed by atoms with van der Waals surface area (Å²) >= 11 is 0. The zero-order chi connectivity index (χ0) is 21.4. The lowest BCUT2D eigenvalue weighted by molar-refractivity contribution is -0.137. The fourth-order valence-corrected chi connectivity index (χ4v) is 4.06. The Morgan fingerprint density at radius 1 is 0.645 bits per heavy atom. The van der Waals surface area contributed by atoms with E-state index in [-0.39, 0.29) is 5.69 Å². The highest BCUT2D eigenvalue weighted by Gasteiger charge is 2.43. The largest absolute Gasteiger partial charge is 0.551 e. The van der Waals surface area contributed by atoms with Gasteiger partial charge in [-0.05, 0) is 47.3 Å². The number of rotatable bonds is 3. The van der Waals surface area contributed by atoms with E-state index in [1.165, 1.54) is 6.07 Å². The van der Waals surface area contributed by atoms with Gasteiger partial charge in [0, 0.05) is 11.4 Å². The van der Waals surface area contributed by atoms with Gasteiger partial charge in [-0.1, -0.05) is 66.7 Å². The maximum Gasteiger partial charge on any atom is 0.430 e. The fourth-order valence-electron chi connectivity index (χ4n) is 4.06. The van der Waals surface area contributed by atoms with E-state index in [4.69, 9.17) is 4.65 Å². The molecule has 31 heavy (non-hydrogen) atoms. The third-order valence-electron chi connectivity index (χ3n) is 5.35. The number of nitrogens with zero attached hydrogens (tertiary/aromatic N) is 1. The predicted octanol–water partition coefficient (Wildman–Crippen LogP) is 5.67. The Morgan fingerprint density at radius 2 is 1.26 bits per heavy atom. The van der Waals surface area contributed by atoms with Crippen molar-refractivity contribution in [2.24, 2.45) is 0 Å². The number of alkyl halides is 3. The van der Waals surface area contributed by atoms with Crippen LogP contribution < -0.4 is 20.5 Å². The van der Waals surface area contributed by atoms with Crippen molar-refractivity contribution in [2.75, 3.05) is 4.90 Å². The molecule has 1 aliphatic heterocycles. The van der Waals surface area contributed by atoms with Gasteiger partial charge in [0.2, 0.25) is 0 Å². The molecule has 4 aromatic carbocycles. The summed E-state index contributed by atoms with van der Waals surface area (Å²) in [6.07, 6.45) is -4.51. The van der Waals surface area contributed by atoms with E-state index in [1.807, 2.05) is 72.8 Å². The highest BCUT2D eigenvalue weighted by molar-refractivity contribution is 6.84. The Hall–Kier alpha value is -3.67. The molecule has 1 aliphatic rings. The summed E-state index contributed by atoms with van der Waals surface area (Å²) in [5.41, 5.74) is 2.01. The van der Waals surface area contributed by atoms with E-state index in [2.05, 4.69) is 0 Å². The van der Waals surface area contributed by atoms with Crippen molar-refractivity contribution in [3.63, 3.8) is 0 Å². The van der Waals surface area contributed by atoms with Crippen molar-refractivity contribution in [1.82, 2.24) is 0 Å². The predicted molar refractivity (Wildman–Crippen MR) is 118 cm³/mol. The van der Waals surface area contributed by atoms with Crippen LogP contribution in [-0.4, -0.2) is 6.92 Å². The molecule has 1 heterocycles. The van der Waals surface area contributed by atoms with Crippen LogP contribution in [0, 0.1) is 0 Å². The normalized spacial score (nSPS) is 12.9. The first-order valence-electron chi connectivity index (χ1n) is 9.90. The molecule has 0 N–H and O–H groups in total. The van der Waals surface area contributed by atoms with Crippen LogP contribution in [0.3, 0.4) is 0 Å². The molecule has 0 fully saturated rings. The van der Waals surface area contributed by atoms with Gasteiger partial charge in [-0.15, -0.1) is 0 Å². The highest BCUT2D eigenvalue weighted by atomic mass is 19.4. The maximum atomic E-state index is 14.1. The lowest BCUT2D eigenvalue weighted by Crippen LogP contribution is -2.54. The standard InChI is InChI=1S/C25H17BF3NO/c27-25(28,29)20-14-9-16-22-24(20)30(18-10-3-1-4-11-18)23-17-8-7-15-21(23)26(22)31-19-12-5-2-6-13-19/h1-17H. The summed E-state index contributed by atoms with van der Waals surface area (Å²) in [6.45, 7) is -0.670. The summed E-state index contributed by atoms with van der Waals surface area (Å²) in [5.74, 6) is 0.596. The smallest absolute Gasteiger partial charge is 0.430 e. The first kappa shape index (κ1) is 19.3. The van der Waals surface area contributed by atoms with Crippen LogP contribution in [-0.2, 0) is 6.18 Å². The zero-order valence-corrected chi connectivity index (χ0v) is 16.4. The van der Waals surface area contributed by atoms with E-state index < -0.39 is 18.7 Å². The van der Waals surface area contributed by atoms with Crippen molar-refractivity contribution in [2.45, 2.75) is 6.18 Å². The molecule has 2 nitrogen and oxygen atoms in total. The van der Waals surface area contributed by atoms with Crippen molar-refractivity contribution >= 4 is 34.9 Å². The van der Waals surface area contributed by atoms with Gasteiger partial charge in [0.25, 0.3) is 0 Å².